The van der Waals surface area contributed by atoms with Crippen molar-refractivity contribution in [2.75, 3.05) is 6.54 Å². The Kier molecular flexibility index (Phi) is 4.73. The van der Waals surface area contributed by atoms with Gasteiger partial charge < -0.3 is 0 Å². The van der Waals surface area contributed by atoms with E-state index in [0.29, 0.717) is 6.42 Å². The fourth-order valence-corrected chi connectivity index (χ4v) is 2.58. The van der Waals surface area contributed by atoms with Crippen molar-refractivity contribution in [1.29, 1.82) is 0 Å². The predicted octanol–water partition coefficient (Wildman–Crippen LogP) is 1.94. The number of hydrogen-bond donors (Lipinski definition) is 2. The van der Waals surface area contributed by atoms with E-state index in [1.807, 2.05) is 18.2 Å². The fourth-order valence-electron chi connectivity index (χ4n) is 2.58. The van der Waals surface area contributed by atoms with Crippen LogP contribution in [-0.4, -0.2) is 28.6 Å². The molecule has 0 aromatic heterocycles. The van der Waals surface area contributed by atoms with Gasteiger partial charge in [-0.15, -0.1) is 0 Å². The van der Waals surface area contributed by atoms with Crippen molar-refractivity contribution in [2.24, 2.45) is 0 Å². The number of rotatable bonds is 4. The highest BCUT2D eigenvalue weighted by atomic mass is 16.5. The molecule has 1 unspecified atom stereocenters. The molecule has 1 aromatic rings. The summed E-state index contributed by atoms with van der Waals surface area (Å²) in [5.74, 6) is -0.292. The van der Waals surface area contributed by atoms with Crippen molar-refractivity contribution in [3.05, 3.63) is 35.9 Å². The number of hydrogen-bond acceptors (Lipinski definition) is 3. The van der Waals surface area contributed by atoms with E-state index in [1.165, 1.54) is 12.0 Å². The van der Waals surface area contributed by atoms with Crippen LogP contribution in [0.2, 0.25) is 0 Å². The number of piperidine rings is 1. The zero-order chi connectivity index (χ0) is 12.8. The molecule has 1 heterocycles. The summed E-state index contributed by atoms with van der Waals surface area (Å²) in [6, 6.07) is 10.5. The van der Waals surface area contributed by atoms with E-state index in [2.05, 4.69) is 17.0 Å². The summed E-state index contributed by atoms with van der Waals surface area (Å²) in [6.45, 7) is 1.91. The molecule has 4 nitrogen and oxygen atoms in total. The van der Waals surface area contributed by atoms with Gasteiger partial charge in [-0.1, -0.05) is 36.8 Å². The number of benzene rings is 1. The average Bonchev–Trinajstić information content (AvgIpc) is 2.42. The van der Waals surface area contributed by atoms with E-state index in [-0.39, 0.29) is 11.9 Å². The highest BCUT2D eigenvalue weighted by Gasteiger charge is 2.24. The third-order valence-corrected chi connectivity index (χ3v) is 3.52. The lowest BCUT2D eigenvalue weighted by atomic mass is 9.98. The maximum atomic E-state index is 11.3. The first-order chi connectivity index (χ1) is 8.79. The van der Waals surface area contributed by atoms with Crippen LogP contribution >= 0.6 is 0 Å². The molecule has 2 N–H and O–H groups in total. The summed E-state index contributed by atoms with van der Waals surface area (Å²) in [5.41, 5.74) is 3.00. The minimum atomic E-state index is -0.292. The summed E-state index contributed by atoms with van der Waals surface area (Å²) in [6.07, 6.45) is 3.75. The summed E-state index contributed by atoms with van der Waals surface area (Å²) >= 11 is 0. The molecule has 0 saturated carbocycles. The van der Waals surface area contributed by atoms with Crippen LogP contribution in [0.25, 0.3) is 0 Å². The van der Waals surface area contributed by atoms with E-state index < -0.39 is 0 Å². The maximum Gasteiger partial charge on any atom is 0.244 e. The van der Waals surface area contributed by atoms with Crippen LogP contribution in [0.4, 0.5) is 0 Å². The summed E-state index contributed by atoms with van der Waals surface area (Å²) in [4.78, 5) is 13.6. The molecule has 0 bridgehead atoms. The third-order valence-electron chi connectivity index (χ3n) is 3.52. The molecular formula is C14H20N2O2. The van der Waals surface area contributed by atoms with Crippen molar-refractivity contribution in [3.8, 4) is 0 Å². The summed E-state index contributed by atoms with van der Waals surface area (Å²) in [7, 11) is 0. The van der Waals surface area contributed by atoms with Crippen LogP contribution in [0.1, 0.15) is 31.2 Å². The smallest absolute Gasteiger partial charge is 0.244 e. The molecule has 98 valence electrons. The first kappa shape index (κ1) is 13.1. The number of carbonyl (C=O) groups is 1. The lowest BCUT2D eigenvalue weighted by Gasteiger charge is -2.35. The Labute approximate surface area is 108 Å². The van der Waals surface area contributed by atoms with E-state index in [0.717, 1.165) is 25.9 Å². The highest BCUT2D eigenvalue weighted by molar-refractivity contribution is 5.75. The second-order valence-electron chi connectivity index (χ2n) is 4.84. The van der Waals surface area contributed by atoms with Crippen LogP contribution in [-0.2, 0) is 11.3 Å². The van der Waals surface area contributed by atoms with Crippen molar-refractivity contribution in [2.45, 2.75) is 38.3 Å². The van der Waals surface area contributed by atoms with Crippen LogP contribution in [0.15, 0.2) is 30.3 Å². The Hall–Kier alpha value is -1.39. The SMILES string of the molecule is O=C(CC1CCCCN1Cc1ccccc1)NO. The van der Waals surface area contributed by atoms with Crippen LogP contribution in [0, 0.1) is 0 Å². The number of hydroxylamine groups is 1. The van der Waals surface area contributed by atoms with Gasteiger partial charge in [0.2, 0.25) is 5.91 Å². The van der Waals surface area contributed by atoms with Gasteiger partial charge in [-0.05, 0) is 24.9 Å². The monoisotopic (exact) mass is 248 g/mol. The molecule has 1 aliphatic heterocycles. The van der Waals surface area contributed by atoms with Gasteiger partial charge in [0.1, 0.15) is 0 Å². The largest absolute Gasteiger partial charge is 0.296 e. The second-order valence-corrected chi connectivity index (χ2v) is 4.84. The first-order valence-corrected chi connectivity index (χ1v) is 6.50. The number of nitrogens with zero attached hydrogens (tertiary/aromatic N) is 1. The molecule has 4 heteroatoms. The van der Waals surface area contributed by atoms with Gasteiger partial charge in [0.05, 0.1) is 0 Å². The molecule has 1 aromatic carbocycles. The molecule has 0 radical (unpaired) electrons. The molecule has 1 atom stereocenters. The third kappa shape index (κ3) is 3.55. The Morgan fingerprint density at radius 2 is 2.11 bits per heavy atom. The van der Waals surface area contributed by atoms with Crippen molar-refractivity contribution in [1.82, 2.24) is 10.4 Å². The predicted molar refractivity (Wildman–Crippen MR) is 69.0 cm³/mol. The van der Waals surface area contributed by atoms with Crippen LogP contribution in [0.5, 0.6) is 0 Å². The highest BCUT2D eigenvalue weighted by Crippen LogP contribution is 2.21. The Balaban J connectivity index is 1.97. The van der Waals surface area contributed by atoms with E-state index in [1.54, 1.807) is 5.48 Å². The van der Waals surface area contributed by atoms with Gasteiger partial charge in [0.15, 0.2) is 0 Å². The van der Waals surface area contributed by atoms with Gasteiger partial charge in [-0.25, -0.2) is 5.48 Å². The summed E-state index contributed by atoms with van der Waals surface area (Å²) in [5, 5.41) is 8.62. The zero-order valence-corrected chi connectivity index (χ0v) is 10.5. The van der Waals surface area contributed by atoms with E-state index in [4.69, 9.17) is 5.21 Å². The van der Waals surface area contributed by atoms with E-state index >= 15 is 0 Å². The maximum absolute atomic E-state index is 11.3. The zero-order valence-electron chi connectivity index (χ0n) is 10.5. The Morgan fingerprint density at radius 3 is 2.83 bits per heavy atom. The van der Waals surface area contributed by atoms with Gasteiger partial charge in [-0.3, -0.25) is 14.9 Å². The van der Waals surface area contributed by atoms with Crippen molar-refractivity contribution >= 4 is 5.91 Å². The van der Waals surface area contributed by atoms with Gasteiger partial charge in [0, 0.05) is 19.0 Å². The quantitative estimate of drug-likeness (QED) is 0.632. The van der Waals surface area contributed by atoms with Gasteiger partial charge in [0.25, 0.3) is 0 Å². The molecular weight excluding hydrogens is 228 g/mol. The summed E-state index contributed by atoms with van der Waals surface area (Å²) < 4.78 is 0. The van der Waals surface area contributed by atoms with Crippen molar-refractivity contribution < 1.29 is 10.0 Å². The molecule has 0 aliphatic carbocycles. The van der Waals surface area contributed by atoms with Crippen molar-refractivity contribution in [3.63, 3.8) is 0 Å². The molecule has 1 amide bonds. The number of carbonyl (C=O) groups excluding carboxylic acids is 1. The number of amides is 1. The second kappa shape index (κ2) is 6.52. The minimum absolute atomic E-state index is 0.242. The molecule has 1 saturated heterocycles. The normalized spacial score (nSPS) is 20.6. The van der Waals surface area contributed by atoms with Gasteiger partial charge >= 0.3 is 0 Å². The first-order valence-electron chi connectivity index (χ1n) is 6.50. The number of likely N-dealkylation sites (tertiary alicyclic amines) is 1. The fraction of sp³-hybridized carbons (Fsp3) is 0.500. The standard InChI is InChI=1S/C14H20N2O2/c17-14(15-18)10-13-8-4-5-9-16(13)11-12-6-2-1-3-7-12/h1-3,6-7,13,18H,4-5,8-11H2,(H,15,17). The minimum Gasteiger partial charge on any atom is -0.296 e. The lowest BCUT2D eigenvalue weighted by molar-refractivity contribution is -0.130. The molecule has 2 rings (SSSR count). The Morgan fingerprint density at radius 1 is 1.33 bits per heavy atom. The van der Waals surface area contributed by atoms with Crippen LogP contribution in [0.3, 0.4) is 0 Å². The molecule has 18 heavy (non-hydrogen) atoms. The van der Waals surface area contributed by atoms with Gasteiger partial charge in [-0.2, -0.15) is 0 Å². The Bertz CT molecular complexity index is 381. The molecule has 0 spiro atoms. The molecule has 1 fully saturated rings. The van der Waals surface area contributed by atoms with Crippen LogP contribution < -0.4 is 5.48 Å². The topological polar surface area (TPSA) is 52.6 Å². The average molecular weight is 248 g/mol. The number of nitrogens with one attached hydrogen (secondary N) is 1. The van der Waals surface area contributed by atoms with E-state index in [9.17, 15) is 4.79 Å². The lowest BCUT2D eigenvalue weighted by Crippen LogP contribution is -2.41. The molecule has 1 aliphatic rings.